The minimum absolute atomic E-state index is 0.721. The van der Waals surface area contributed by atoms with Crippen molar-refractivity contribution in [2.45, 2.75) is 25.9 Å². The summed E-state index contributed by atoms with van der Waals surface area (Å²) in [6, 6.07) is 14.7. The number of anilines is 1. The average Bonchev–Trinajstić information content (AvgIpc) is 3.18. The van der Waals surface area contributed by atoms with Crippen LogP contribution in [0.15, 0.2) is 53.7 Å². The average molecular weight is 337 g/mol. The highest BCUT2D eigenvalue weighted by Crippen LogP contribution is 2.17. The molecule has 1 saturated heterocycles. The zero-order valence-corrected chi connectivity index (χ0v) is 15.2. The van der Waals surface area contributed by atoms with E-state index < -0.39 is 0 Å². The van der Waals surface area contributed by atoms with E-state index in [1.807, 2.05) is 19.3 Å². The van der Waals surface area contributed by atoms with Crippen molar-refractivity contribution < 1.29 is 0 Å². The number of hydrogen-bond acceptors (Lipinski definition) is 3. The van der Waals surface area contributed by atoms with Gasteiger partial charge in [-0.1, -0.05) is 36.4 Å². The maximum Gasteiger partial charge on any atom is 0.193 e. The van der Waals surface area contributed by atoms with Gasteiger partial charge in [0.2, 0.25) is 0 Å². The normalized spacial score (nSPS) is 14.6. The molecule has 1 aliphatic rings. The van der Waals surface area contributed by atoms with E-state index in [0.717, 1.165) is 43.5 Å². The number of aliphatic imine (C=N–C) groups is 1. The maximum atomic E-state index is 4.61. The topological polar surface area (TPSA) is 43.8 Å². The second-order valence-electron chi connectivity index (χ2n) is 6.46. The van der Waals surface area contributed by atoms with Crippen molar-refractivity contribution in [3.63, 3.8) is 0 Å². The fraction of sp³-hybridized carbons (Fsp3) is 0.400. The van der Waals surface area contributed by atoms with Gasteiger partial charge in [-0.05, 0) is 30.0 Å². The van der Waals surface area contributed by atoms with Crippen LogP contribution in [-0.2, 0) is 13.1 Å². The molecular weight excluding hydrogens is 310 g/mol. The zero-order valence-electron chi connectivity index (χ0n) is 15.2. The summed E-state index contributed by atoms with van der Waals surface area (Å²) in [4.78, 5) is 13.5. The number of hydrogen-bond donors (Lipinski definition) is 1. The fourth-order valence-corrected chi connectivity index (χ4v) is 3.15. The Morgan fingerprint density at radius 2 is 1.88 bits per heavy atom. The van der Waals surface area contributed by atoms with E-state index in [1.54, 1.807) is 0 Å². The van der Waals surface area contributed by atoms with Gasteiger partial charge in [0.25, 0.3) is 0 Å². The molecule has 3 rings (SSSR count). The standard InChI is InChI=1S/C20H27N5/c1-21-20(24(2)16-17-8-4-3-5-9-17)23-15-18-10-11-19(22-14-18)25-12-6-7-13-25/h3-5,8-11,14H,6-7,12-13,15-16H2,1-2H3,(H,21,23). The number of benzene rings is 1. The summed E-state index contributed by atoms with van der Waals surface area (Å²) in [6.45, 7) is 3.80. The quantitative estimate of drug-likeness (QED) is 0.673. The molecular formula is C20H27N5. The van der Waals surface area contributed by atoms with E-state index in [0.29, 0.717) is 0 Å². The van der Waals surface area contributed by atoms with Gasteiger partial charge in [0.15, 0.2) is 5.96 Å². The minimum Gasteiger partial charge on any atom is -0.357 e. The van der Waals surface area contributed by atoms with Crippen molar-refractivity contribution in [2.24, 2.45) is 4.99 Å². The molecule has 0 bridgehead atoms. The van der Waals surface area contributed by atoms with Gasteiger partial charge in [-0.3, -0.25) is 4.99 Å². The molecule has 2 heterocycles. The summed E-state index contributed by atoms with van der Waals surface area (Å²) in [5.41, 5.74) is 2.43. The first-order valence-electron chi connectivity index (χ1n) is 8.92. The van der Waals surface area contributed by atoms with Gasteiger partial charge in [0, 0.05) is 46.5 Å². The summed E-state index contributed by atoms with van der Waals surface area (Å²) < 4.78 is 0. The zero-order chi connectivity index (χ0) is 17.5. The lowest BCUT2D eigenvalue weighted by molar-refractivity contribution is 0.476. The molecule has 0 saturated carbocycles. The third kappa shape index (κ3) is 4.72. The van der Waals surface area contributed by atoms with Crippen LogP contribution in [-0.4, -0.2) is 43.0 Å². The van der Waals surface area contributed by atoms with Crippen LogP contribution in [0.5, 0.6) is 0 Å². The summed E-state index contributed by atoms with van der Waals surface area (Å²) in [5.74, 6) is 1.97. The van der Waals surface area contributed by atoms with E-state index in [9.17, 15) is 0 Å². The lowest BCUT2D eigenvalue weighted by atomic mass is 10.2. The van der Waals surface area contributed by atoms with Crippen LogP contribution >= 0.6 is 0 Å². The number of pyridine rings is 1. The minimum atomic E-state index is 0.721. The van der Waals surface area contributed by atoms with Gasteiger partial charge >= 0.3 is 0 Å². The molecule has 2 aromatic rings. The Bertz CT molecular complexity index is 675. The number of nitrogens with zero attached hydrogens (tertiary/aromatic N) is 4. The van der Waals surface area contributed by atoms with Crippen molar-refractivity contribution in [1.29, 1.82) is 0 Å². The SMILES string of the molecule is CN=C(NCc1ccc(N2CCCC2)nc1)N(C)Cc1ccccc1. The van der Waals surface area contributed by atoms with E-state index >= 15 is 0 Å². The molecule has 1 N–H and O–H groups in total. The van der Waals surface area contributed by atoms with Crippen LogP contribution in [0.1, 0.15) is 24.0 Å². The first-order chi connectivity index (χ1) is 12.3. The number of aromatic nitrogens is 1. The fourth-order valence-electron chi connectivity index (χ4n) is 3.15. The highest BCUT2D eigenvalue weighted by molar-refractivity contribution is 5.79. The second-order valence-corrected chi connectivity index (χ2v) is 6.46. The Kier molecular flexibility index (Phi) is 5.88. The van der Waals surface area contributed by atoms with E-state index in [1.165, 1.54) is 18.4 Å². The van der Waals surface area contributed by atoms with E-state index in [-0.39, 0.29) is 0 Å². The molecule has 1 fully saturated rings. The van der Waals surface area contributed by atoms with Crippen molar-refractivity contribution in [3.05, 3.63) is 59.8 Å². The molecule has 132 valence electrons. The molecule has 5 nitrogen and oxygen atoms in total. The van der Waals surface area contributed by atoms with E-state index in [4.69, 9.17) is 0 Å². The molecule has 1 aromatic heterocycles. The summed E-state index contributed by atoms with van der Waals surface area (Å²) in [5, 5.41) is 3.42. The summed E-state index contributed by atoms with van der Waals surface area (Å²) in [6.07, 6.45) is 4.51. The maximum absolute atomic E-state index is 4.61. The predicted octanol–water partition coefficient (Wildman–Crippen LogP) is 2.89. The summed E-state index contributed by atoms with van der Waals surface area (Å²) >= 11 is 0. The molecule has 0 unspecified atom stereocenters. The Morgan fingerprint density at radius 1 is 1.12 bits per heavy atom. The second kappa shape index (κ2) is 8.51. The van der Waals surface area contributed by atoms with Crippen LogP contribution in [0, 0.1) is 0 Å². The first-order valence-corrected chi connectivity index (χ1v) is 8.92. The highest BCUT2D eigenvalue weighted by Gasteiger charge is 2.13. The Labute approximate surface area is 150 Å². The third-order valence-corrected chi connectivity index (χ3v) is 4.53. The Balaban J connectivity index is 1.53. The van der Waals surface area contributed by atoms with Gasteiger partial charge in [-0.2, -0.15) is 0 Å². The van der Waals surface area contributed by atoms with Gasteiger partial charge in [0.1, 0.15) is 5.82 Å². The molecule has 25 heavy (non-hydrogen) atoms. The molecule has 0 radical (unpaired) electrons. The van der Waals surface area contributed by atoms with Crippen LogP contribution in [0.3, 0.4) is 0 Å². The summed E-state index contributed by atoms with van der Waals surface area (Å²) in [7, 11) is 3.87. The molecule has 1 aliphatic heterocycles. The number of nitrogens with one attached hydrogen (secondary N) is 1. The van der Waals surface area contributed by atoms with E-state index in [2.05, 4.69) is 68.5 Å². The smallest absolute Gasteiger partial charge is 0.193 e. The molecule has 0 spiro atoms. The predicted molar refractivity (Wildman–Crippen MR) is 104 cm³/mol. The van der Waals surface area contributed by atoms with Crippen LogP contribution < -0.4 is 10.2 Å². The monoisotopic (exact) mass is 337 g/mol. The molecule has 0 aliphatic carbocycles. The van der Waals surface area contributed by atoms with Crippen molar-refractivity contribution in [3.8, 4) is 0 Å². The van der Waals surface area contributed by atoms with Gasteiger partial charge in [0.05, 0.1) is 0 Å². The van der Waals surface area contributed by atoms with Crippen molar-refractivity contribution in [2.75, 3.05) is 32.1 Å². The van der Waals surface area contributed by atoms with Crippen LogP contribution in [0.2, 0.25) is 0 Å². The van der Waals surface area contributed by atoms with Crippen molar-refractivity contribution >= 4 is 11.8 Å². The lowest BCUT2D eigenvalue weighted by Gasteiger charge is -2.22. The molecule has 0 amide bonds. The van der Waals surface area contributed by atoms with Gasteiger partial charge < -0.3 is 15.1 Å². The lowest BCUT2D eigenvalue weighted by Crippen LogP contribution is -2.38. The Morgan fingerprint density at radius 3 is 2.52 bits per heavy atom. The van der Waals surface area contributed by atoms with Crippen LogP contribution in [0.25, 0.3) is 0 Å². The highest BCUT2D eigenvalue weighted by atomic mass is 15.3. The Hall–Kier alpha value is -2.56. The molecule has 1 aromatic carbocycles. The number of guanidine groups is 1. The molecule has 5 heteroatoms. The van der Waals surface area contributed by atoms with Gasteiger partial charge in [-0.15, -0.1) is 0 Å². The van der Waals surface area contributed by atoms with Crippen molar-refractivity contribution in [1.82, 2.24) is 15.2 Å². The molecule has 0 atom stereocenters. The first kappa shape index (κ1) is 17.3. The van der Waals surface area contributed by atoms with Gasteiger partial charge in [-0.25, -0.2) is 4.98 Å². The largest absolute Gasteiger partial charge is 0.357 e. The van der Waals surface area contributed by atoms with Crippen LogP contribution in [0.4, 0.5) is 5.82 Å². The third-order valence-electron chi connectivity index (χ3n) is 4.53. The number of rotatable bonds is 5.